The largest absolute Gasteiger partial charge is 0.392 e. The summed E-state index contributed by atoms with van der Waals surface area (Å²) < 4.78 is 0. The van der Waals surface area contributed by atoms with Crippen molar-refractivity contribution in [3.63, 3.8) is 0 Å². The molecule has 2 heterocycles. The van der Waals surface area contributed by atoms with Gasteiger partial charge in [0.1, 0.15) is 0 Å². The molecule has 0 atom stereocenters. The Morgan fingerprint density at radius 3 is 2.15 bits per heavy atom. The zero-order valence-electron chi connectivity index (χ0n) is 12.6. The fraction of sp³-hybridized carbons (Fsp3) is 0.857. The quantitative estimate of drug-likeness (QED) is 0.756. The number of likely N-dealkylation sites (tertiary alicyclic amines) is 1. The van der Waals surface area contributed by atoms with Gasteiger partial charge in [-0.1, -0.05) is 12.2 Å². The van der Waals surface area contributed by atoms with Gasteiger partial charge in [0.15, 0.2) is 0 Å². The van der Waals surface area contributed by atoms with Gasteiger partial charge in [-0.15, -0.1) is 0 Å². The first-order valence-electron chi connectivity index (χ1n) is 7.46. The molecule has 5 nitrogen and oxygen atoms in total. The van der Waals surface area contributed by atoms with Crippen LogP contribution in [0.2, 0.25) is 0 Å². The second kappa shape index (κ2) is 6.37. The summed E-state index contributed by atoms with van der Waals surface area (Å²) in [5, 5.41) is 0. The molecule has 2 rings (SSSR count). The summed E-state index contributed by atoms with van der Waals surface area (Å²) in [6.45, 7) is 10.2. The van der Waals surface area contributed by atoms with Gasteiger partial charge >= 0.3 is 0 Å². The Kier molecular flexibility index (Phi) is 4.99. The van der Waals surface area contributed by atoms with Crippen LogP contribution >= 0.6 is 12.2 Å². The summed E-state index contributed by atoms with van der Waals surface area (Å²) in [6.07, 6.45) is 2.31. The molecule has 2 saturated heterocycles. The number of carbonyl (C=O) groups excluding carboxylic acids is 1. The van der Waals surface area contributed by atoms with Gasteiger partial charge < -0.3 is 10.6 Å². The molecule has 1 amide bonds. The summed E-state index contributed by atoms with van der Waals surface area (Å²) >= 11 is 5.15. The highest BCUT2D eigenvalue weighted by Gasteiger charge is 2.33. The van der Waals surface area contributed by atoms with E-state index in [1.807, 2.05) is 4.90 Å². The number of piperazine rings is 1. The highest BCUT2D eigenvalue weighted by Crippen LogP contribution is 2.17. The summed E-state index contributed by atoms with van der Waals surface area (Å²) in [4.78, 5) is 19.2. The fourth-order valence-electron chi connectivity index (χ4n) is 2.88. The molecule has 0 bridgehead atoms. The van der Waals surface area contributed by atoms with E-state index in [9.17, 15) is 4.79 Å². The average Bonchev–Trinajstić information content (AvgIpc) is 2.93. The van der Waals surface area contributed by atoms with Crippen molar-refractivity contribution in [1.29, 1.82) is 0 Å². The Balaban J connectivity index is 1.79. The Morgan fingerprint density at radius 2 is 1.65 bits per heavy atom. The van der Waals surface area contributed by atoms with E-state index in [0.717, 1.165) is 52.1 Å². The summed E-state index contributed by atoms with van der Waals surface area (Å²) in [5.74, 6) is 0.282. The number of thiocarbonyl (C=S) groups is 1. The van der Waals surface area contributed by atoms with E-state index in [4.69, 9.17) is 18.0 Å². The zero-order chi connectivity index (χ0) is 14.8. The molecule has 0 saturated carbocycles. The molecule has 2 aliphatic rings. The number of nitrogens with zero attached hydrogens (tertiary/aromatic N) is 3. The lowest BCUT2D eigenvalue weighted by atomic mass is 10.0. The summed E-state index contributed by atoms with van der Waals surface area (Å²) in [7, 11) is 0. The first-order chi connectivity index (χ1) is 9.41. The molecule has 6 heteroatoms. The normalized spacial score (nSPS) is 22.2. The Labute approximate surface area is 127 Å². The number of carbonyl (C=O) groups is 1. The van der Waals surface area contributed by atoms with E-state index in [1.54, 1.807) is 0 Å². The minimum absolute atomic E-state index is 0.236. The molecule has 0 aromatic carbocycles. The number of nitrogens with two attached hydrogens (primary N) is 1. The molecule has 20 heavy (non-hydrogen) atoms. The monoisotopic (exact) mass is 298 g/mol. The molecule has 0 unspecified atom stereocenters. The number of hydrogen-bond donors (Lipinski definition) is 1. The molecule has 2 aliphatic heterocycles. The second-order valence-corrected chi connectivity index (χ2v) is 6.71. The first kappa shape index (κ1) is 15.7. The maximum Gasteiger partial charge on any atom is 0.236 e. The fourth-order valence-corrected chi connectivity index (χ4v) is 3.01. The topological polar surface area (TPSA) is 52.8 Å². The molecule has 0 radical (unpaired) electrons. The minimum Gasteiger partial charge on any atom is -0.392 e. The van der Waals surface area contributed by atoms with Crippen molar-refractivity contribution >= 4 is 23.1 Å². The maximum atomic E-state index is 12.1. The number of rotatable bonds is 4. The minimum atomic E-state index is -0.236. The molecule has 0 aromatic rings. The van der Waals surface area contributed by atoms with Crippen LogP contribution in [0.5, 0.6) is 0 Å². The molecule has 2 N–H and O–H groups in total. The van der Waals surface area contributed by atoms with Gasteiger partial charge in [0.2, 0.25) is 5.91 Å². The highest BCUT2D eigenvalue weighted by atomic mass is 32.1. The Morgan fingerprint density at radius 1 is 1.10 bits per heavy atom. The van der Waals surface area contributed by atoms with Crippen molar-refractivity contribution < 1.29 is 4.79 Å². The average molecular weight is 298 g/mol. The van der Waals surface area contributed by atoms with Crippen LogP contribution in [0.3, 0.4) is 0 Å². The lowest BCUT2D eigenvalue weighted by molar-refractivity contribution is -0.131. The van der Waals surface area contributed by atoms with Crippen LogP contribution in [0.25, 0.3) is 0 Å². The van der Waals surface area contributed by atoms with Crippen molar-refractivity contribution in [2.24, 2.45) is 5.73 Å². The number of amides is 1. The standard InChI is InChI=1S/C14H26N4OS/c1-14(2,13(15)20)18-9-7-16(8-10-18)11-12(19)17-5-3-4-6-17/h3-11H2,1-2H3,(H2,15,20). The van der Waals surface area contributed by atoms with Gasteiger partial charge in [-0.2, -0.15) is 0 Å². The summed E-state index contributed by atoms with van der Waals surface area (Å²) in [5.41, 5.74) is 5.58. The van der Waals surface area contributed by atoms with E-state index in [0.29, 0.717) is 11.5 Å². The molecular weight excluding hydrogens is 272 g/mol. The van der Waals surface area contributed by atoms with Crippen LogP contribution in [-0.4, -0.2) is 76.9 Å². The van der Waals surface area contributed by atoms with E-state index in [1.165, 1.54) is 0 Å². The van der Waals surface area contributed by atoms with Gasteiger partial charge in [0.25, 0.3) is 0 Å². The van der Waals surface area contributed by atoms with Crippen LogP contribution < -0.4 is 5.73 Å². The Hall–Kier alpha value is -0.720. The van der Waals surface area contributed by atoms with Crippen LogP contribution in [0.4, 0.5) is 0 Å². The maximum absolute atomic E-state index is 12.1. The van der Waals surface area contributed by atoms with Gasteiger partial charge in [-0.3, -0.25) is 14.6 Å². The molecule has 114 valence electrons. The van der Waals surface area contributed by atoms with Gasteiger partial charge in [0.05, 0.1) is 17.1 Å². The summed E-state index contributed by atoms with van der Waals surface area (Å²) in [6, 6.07) is 0. The van der Waals surface area contributed by atoms with Crippen LogP contribution in [-0.2, 0) is 4.79 Å². The molecule has 0 aromatic heterocycles. The van der Waals surface area contributed by atoms with Crippen molar-refractivity contribution in [3.8, 4) is 0 Å². The van der Waals surface area contributed by atoms with Crippen LogP contribution in [0, 0.1) is 0 Å². The lowest BCUT2D eigenvalue weighted by Crippen LogP contribution is -2.59. The smallest absolute Gasteiger partial charge is 0.236 e. The molecule has 0 spiro atoms. The van der Waals surface area contributed by atoms with Gasteiger partial charge in [-0.05, 0) is 26.7 Å². The third-order valence-corrected chi connectivity index (χ3v) is 5.08. The zero-order valence-corrected chi connectivity index (χ0v) is 13.4. The molecular formula is C14H26N4OS. The van der Waals surface area contributed by atoms with Gasteiger partial charge in [0, 0.05) is 39.3 Å². The first-order valence-corrected chi connectivity index (χ1v) is 7.87. The van der Waals surface area contributed by atoms with Crippen LogP contribution in [0.15, 0.2) is 0 Å². The van der Waals surface area contributed by atoms with Crippen molar-refractivity contribution in [1.82, 2.24) is 14.7 Å². The van der Waals surface area contributed by atoms with Crippen LogP contribution in [0.1, 0.15) is 26.7 Å². The van der Waals surface area contributed by atoms with Crippen molar-refractivity contribution in [2.75, 3.05) is 45.8 Å². The van der Waals surface area contributed by atoms with Crippen molar-refractivity contribution in [2.45, 2.75) is 32.2 Å². The van der Waals surface area contributed by atoms with E-state index >= 15 is 0 Å². The molecule has 2 fully saturated rings. The van der Waals surface area contributed by atoms with Crippen molar-refractivity contribution in [3.05, 3.63) is 0 Å². The number of hydrogen-bond acceptors (Lipinski definition) is 4. The SMILES string of the molecule is CC(C)(C(N)=S)N1CCN(CC(=O)N2CCCC2)CC1. The molecule has 0 aliphatic carbocycles. The van der Waals surface area contributed by atoms with E-state index in [-0.39, 0.29) is 11.4 Å². The third-order valence-electron chi connectivity index (χ3n) is 4.58. The Bertz CT molecular complexity index is 371. The van der Waals surface area contributed by atoms with E-state index < -0.39 is 0 Å². The predicted molar refractivity (Wildman–Crippen MR) is 84.7 cm³/mol. The van der Waals surface area contributed by atoms with E-state index in [2.05, 4.69) is 23.6 Å². The highest BCUT2D eigenvalue weighted by molar-refractivity contribution is 7.80. The van der Waals surface area contributed by atoms with Gasteiger partial charge in [-0.25, -0.2) is 0 Å². The third kappa shape index (κ3) is 3.48. The predicted octanol–water partition coefficient (Wildman–Crippen LogP) is 0.291. The lowest BCUT2D eigenvalue weighted by Gasteiger charge is -2.43. The second-order valence-electron chi connectivity index (χ2n) is 6.27.